The summed E-state index contributed by atoms with van der Waals surface area (Å²) in [7, 11) is 0. The SMILES string of the molecule is Cc1cc2ccc3c4c(-c5ccccc5)c5c6ccc7cc(C)cc8ccc(c5c(-c5ccccc5)c4c4ccc(c1)c2c34)c6c78. The van der Waals surface area contributed by atoms with Crippen molar-refractivity contribution in [3.8, 4) is 22.3 Å². The van der Waals surface area contributed by atoms with Crippen LogP contribution in [-0.4, -0.2) is 0 Å². The third-order valence-corrected chi connectivity index (χ3v) is 10.7. The van der Waals surface area contributed by atoms with Crippen molar-refractivity contribution in [3.05, 3.63) is 145 Å². The zero-order valence-electron chi connectivity index (χ0n) is 25.7. The summed E-state index contributed by atoms with van der Waals surface area (Å²) < 4.78 is 0. The molecule has 0 bridgehead atoms. The van der Waals surface area contributed by atoms with E-state index in [1.807, 2.05) is 0 Å². The van der Waals surface area contributed by atoms with Crippen LogP contribution < -0.4 is 0 Å². The quantitative estimate of drug-likeness (QED) is 0.191. The van der Waals surface area contributed by atoms with Gasteiger partial charge in [-0.2, -0.15) is 0 Å². The highest BCUT2D eigenvalue weighted by Crippen LogP contribution is 2.56. The second-order valence-corrected chi connectivity index (χ2v) is 13.4. The van der Waals surface area contributed by atoms with E-state index in [0.29, 0.717) is 0 Å². The van der Waals surface area contributed by atoms with Crippen LogP contribution in [0.4, 0.5) is 0 Å². The summed E-state index contributed by atoms with van der Waals surface area (Å²) in [6, 6.07) is 50.7. The minimum Gasteiger partial charge on any atom is -0.0622 e. The van der Waals surface area contributed by atoms with Crippen LogP contribution in [0.3, 0.4) is 0 Å². The van der Waals surface area contributed by atoms with Gasteiger partial charge >= 0.3 is 0 Å². The Morgan fingerprint density at radius 2 is 0.587 bits per heavy atom. The molecule has 0 nitrogen and oxygen atoms in total. The van der Waals surface area contributed by atoms with Gasteiger partial charge in [0.15, 0.2) is 0 Å². The van der Waals surface area contributed by atoms with Gasteiger partial charge in [-0.1, -0.05) is 133 Å². The Morgan fingerprint density at radius 3 is 0.891 bits per heavy atom. The van der Waals surface area contributed by atoms with E-state index in [9.17, 15) is 0 Å². The van der Waals surface area contributed by atoms with Crippen LogP contribution in [0.15, 0.2) is 133 Å². The molecule has 0 saturated heterocycles. The summed E-state index contributed by atoms with van der Waals surface area (Å²) in [5.74, 6) is 0. The summed E-state index contributed by atoms with van der Waals surface area (Å²) in [6.45, 7) is 4.42. The topological polar surface area (TPSA) is 0 Å². The molecule has 0 unspecified atom stereocenters. The molecule has 0 radical (unpaired) electrons. The standard InChI is InChI=1S/C46H28/c1-25-21-29-13-17-33-41-34(18-14-30(22-25)37(29)41)44-40(28-11-7-4-8-12-28)46-36-20-16-32-24-26(2)23-31-15-19-35(42(36)38(31)32)45(46)39(43(33)44)27-9-5-3-6-10-27/h3-24H,1-2H3. The molecule has 0 heteroatoms. The van der Waals surface area contributed by atoms with Gasteiger partial charge in [-0.25, -0.2) is 0 Å². The van der Waals surface area contributed by atoms with E-state index >= 15 is 0 Å². The number of hydrogen-bond acceptors (Lipinski definition) is 0. The molecule has 0 amide bonds. The monoisotopic (exact) mass is 580 g/mol. The van der Waals surface area contributed by atoms with E-state index in [-0.39, 0.29) is 0 Å². The Hall–Kier alpha value is -5.72. The predicted molar refractivity (Wildman–Crippen MR) is 200 cm³/mol. The van der Waals surface area contributed by atoms with E-state index in [0.717, 1.165) is 0 Å². The smallest absolute Gasteiger partial charge is 0.000717 e. The van der Waals surface area contributed by atoms with Crippen molar-refractivity contribution >= 4 is 86.2 Å². The van der Waals surface area contributed by atoms with Gasteiger partial charge in [0.1, 0.15) is 0 Å². The molecule has 212 valence electrons. The lowest BCUT2D eigenvalue weighted by molar-refractivity contribution is 1.53. The van der Waals surface area contributed by atoms with Gasteiger partial charge in [0, 0.05) is 0 Å². The van der Waals surface area contributed by atoms with Crippen LogP contribution in [0.5, 0.6) is 0 Å². The summed E-state index contributed by atoms with van der Waals surface area (Å²) in [4.78, 5) is 0. The lowest BCUT2D eigenvalue weighted by Crippen LogP contribution is -1.87. The van der Waals surface area contributed by atoms with Crippen LogP contribution in [0.25, 0.3) is 108 Å². The maximum Gasteiger partial charge on any atom is -0.000717 e. The van der Waals surface area contributed by atoms with Gasteiger partial charge in [0.05, 0.1) is 0 Å². The van der Waals surface area contributed by atoms with Crippen molar-refractivity contribution in [1.82, 2.24) is 0 Å². The summed E-state index contributed by atoms with van der Waals surface area (Å²) in [5, 5.41) is 21.7. The Labute approximate surface area is 266 Å². The first kappa shape index (κ1) is 24.6. The Balaban J connectivity index is 1.52. The molecule has 0 N–H and O–H groups in total. The molecule has 46 heavy (non-hydrogen) atoms. The fourth-order valence-electron chi connectivity index (χ4n) is 9.09. The zero-order valence-corrected chi connectivity index (χ0v) is 25.7. The van der Waals surface area contributed by atoms with Crippen LogP contribution >= 0.6 is 0 Å². The molecule has 11 rings (SSSR count). The molecule has 0 spiro atoms. The molecule has 0 saturated carbocycles. The van der Waals surface area contributed by atoms with Crippen molar-refractivity contribution in [2.45, 2.75) is 13.8 Å². The lowest BCUT2D eigenvalue weighted by atomic mass is 9.87. The minimum absolute atomic E-state index is 1.27. The lowest BCUT2D eigenvalue weighted by Gasteiger charge is -2.15. The van der Waals surface area contributed by atoms with Gasteiger partial charge in [0.25, 0.3) is 0 Å². The minimum atomic E-state index is 1.27. The van der Waals surface area contributed by atoms with E-state index < -0.39 is 0 Å². The van der Waals surface area contributed by atoms with Crippen molar-refractivity contribution in [2.24, 2.45) is 0 Å². The number of hydrogen-bond donors (Lipinski definition) is 0. The predicted octanol–water partition coefficient (Wildman–Crippen LogP) is 13.2. The number of fused-ring (bicyclic) bond motifs is 6. The highest BCUT2D eigenvalue weighted by Gasteiger charge is 2.28. The molecular formula is C46H28. The van der Waals surface area contributed by atoms with Crippen molar-refractivity contribution in [3.63, 3.8) is 0 Å². The third-order valence-electron chi connectivity index (χ3n) is 10.7. The third kappa shape index (κ3) is 2.95. The Morgan fingerprint density at radius 1 is 0.283 bits per heavy atom. The van der Waals surface area contributed by atoms with Gasteiger partial charge in [0.2, 0.25) is 0 Å². The number of aryl methyl sites for hydroxylation is 2. The summed E-state index contributed by atoms with van der Waals surface area (Å²) in [6.07, 6.45) is 0. The van der Waals surface area contributed by atoms with Crippen molar-refractivity contribution in [1.29, 1.82) is 0 Å². The molecule has 0 aliphatic rings. The Bertz CT molecular complexity index is 2640. The van der Waals surface area contributed by atoms with Crippen molar-refractivity contribution in [2.75, 3.05) is 0 Å². The molecule has 0 aromatic heterocycles. The van der Waals surface area contributed by atoms with E-state index in [1.165, 1.54) is 120 Å². The van der Waals surface area contributed by atoms with Crippen LogP contribution in [0, 0.1) is 13.8 Å². The van der Waals surface area contributed by atoms with Gasteiger partial charge in [-0.3, -0.25) is 0 Å². The molecule has 11 aromatic rings. The van der Waals surface area contributed by atoms with Crippen molar-refractivity contribution < 1.29 is 0 Å². The highest BCUT2D eigenvalue weighted by atomic mass is 14.3. The van der Waals surface area contributed by atoms with Gasteiger partial charge in [-0.15, -0.1) is 0 Å². The average Bonchev–Trinajstić information content (AvgIpc) is 3.60. The first-order chi connectivity index (χ1) is 22.7. The average molecular weight is 581 g/mol. The zero-order chi connectivity index (χ0) is 30.3. The first-order valence-corrected chi connectivity index (χ1v) is 16.3. The largest absolute Gasteiger partial charge is 0.0622 e. The normalized spacial score (nSPS) is 12.6. The molecule has 0 aliphatic carbocycles. The van der Waals surface area contributed by atoms with Gasteiger partial charge < -0.3 is 0 Å². The Kier molecular flexibility index (Phi) is 4.54. The highest BCUT2D eigenvalue weighted by molar-refractivity contribution is 6.48. The molecule has 0 aliphatic heterocycles. The molecule has 0 heterocycles. The molecule has 0 atom stereocenters. The second kappa shape index (κ2) is 8.50. The second-order valence-electron chi connectivity index (χ2n) is 13.4. The van der Waals surface area contributed by atoms with E-state index in [1.54, 1.807) is 0 Å². The van der Waals surface area contributed by atoms with Crippen LogP contribution in [-0.2, 0) is 0 Å². The van der Waals surface area contributed by atoms with Crippen LogP contribution in [0.1, 0.15) is 11.1 Å². The summed E-state index contributed by atoms with van der Waals surface area (Å²) in [5.41, 5.74) is 7.86. The molecule has 11 aromatic carbocycles. The maximum atomic E-state index is 2.40. The van der Waals surface area contributed by atoms with E-state index in [2.05, 4.69) is 147 Å². The van der Waals surface area contributed by atoms with Gasteiger partial charge in [-0.05, 0) is 133 Å². The molecular weight excluding hydrogens is 553 g/mol. The first-order valence-electron chi connectivity index (χ1n) is 16.3. The molecule has 0 fully saturated rings. The maximum absolute atomic E-state index is 2.40. The fraction of sp³-hybridized carbons (Fsp3) is 0.0435. The van der Waals surface area contributed by atoms with Crippen LogP contribution in [0.2, 0.25) is 0 Å². The number of benzene rings is 9. The van der Waals surface area contributed by atoms with E-state index in [4.69, 9.17) is 0 Å². The number of rotatable bonds is 2. The fourth-order valence-corrected chi connectivity index (χ4v) is 9.09. The summed E-state index contributed by atoms with van der Waals surface area (Å²) >= 11 is 0.